The van der Waals surface area contributed by atoms with E-state index in [0.717, 1.165) is 5.69 Å². The Morgan fingerprint density at radius 3 is 2.43 bits per heavy atom. The van der Waals surface area contributed by atoms with Crippen molar-refractivity contribution in [2.75, 3.05) is 18.4 Å². The van der Waals surface area contributed by atoms with Gasteiger partial charge in [-0.2, -0.15) is 5.10 Å². The van der Waals surface area contributed by atoms with Crippen molar-refractivity contribution >= 4 is 29.2 Å². The van der Waals surface area contributed by atoms with Crippen molar-refractivity contribution in [1.29, 1.82) is 0 Å². The van der Waals surface area contributed by atoms with Crippen LogP contribution in [0.15, 0.2) is 54.7 Å². The van der Waals surface area contributed by atoms with Gasteiger partial charge in [0.2, 0.25) is 5.91 Å². The van der Waals surface area contributed by atoms with Gasteiger partial charge < -0.3 is 10.2 Å². The fourth-order valence-electron chi connectivity index (χ4n) is 3.65. The lowest BCUT2D eigenvalue weighted by Gasteiger charge is -2.31. The second-order valence-electron chi connectivity index (χ2n) is 7.27. The van der Waals surface area contributed by atoms with Crippen LogP contribution < -0.4 is 5.32 Å². The molecule has 1 saturated heterocycles. The summed E-state index contributed by atoms with van der Waals surface area (Å²) in [5.41, 5.74) is 1.80. The van der Waals surface area contributed by atoms with Crippen molar-refractivity contribution in [1.82, 2.24) is 19.7 Å². The molecule has 8 heteroatoms. The molecule has 0 unspecified atom stereocenters. The quantitative estimate of drug-likeness (QED) is 0.693. The molecule has 1 aliphatic heterocycles. The van der Waals surface area contributed by atoms with Crippen molar-refractivity contribution in [3.63, 3.8) is 0 Å². The smallest absolute Gasteiger partial charge is 0.258 e. The second-order valence-corrected chi connectivity index (χ2v) is 7.63. The molecule has 0 radical (unpaired) electrons. The molecule has 1 aliphatic rings. The highest BCUT2D eigenvalue weighted by atomic mass is 35.5. The van der Waals surface area contributed by atoms with Crippen molar-refractivity contribution < 1.29 is 9.59 Å². The van der Waals surface area contributed by atoms with Crippen LogP contribution in [-0.4, -0.2) is 44.6 Å². The summed E-state index contributed by atoms with van der Waals surface area (Å²) in [7, 11) is 0. The number of rotatable bonds is 4. The highest BCUT2D eigenvalue weighted by Gasteiger charge is 2.31. The standard InChI is InChI=1S/C22H22ClN5O2/c1-15-19(20(23)28(26-15)17-7-3-2-4-8-17)22(30)27-13-10-16(11-14-27)21(29)25-18-9-5-6-12-24-18/h2-9,12,16H,10-11,13-14H2,1H3,(H,24,25,29). The predicted molar refractivity (Wildman–Crippen MR) is 115 cm³/mol. The van der Waals surface area contributed by atoms with E-state index in [-0.39, 0.29) is 17.7 Å². The third-order valence-electron chi connectivity index (χ3n) is 5.29. The third kappa shape index (κ3) is 4.07. The number of likely N-dealkylation sites (tertiary alicyclic amines) is 1. The zero-order valence-corrected chi connectivity index (χ0v) is 17.3. The monoisotopic (exact) mass is 423 g/mol. The molecule has 7 nitrogen and oxygen atoms in total. The Bertz CT molecular complexity index is 1040. The molecule has 1 fully saturated rings. The molecule has 2 aromatic heterocycles. The maximum atomic E-state index is 13.1. The molecular formula is C22H22ClN5O2. The molecule has 2 amide bonds. The number of carbonyl (C=O) groups excluding carboxylic acids is 2. The number of amides is 2. The van der Waals surface area contributed by atoms with Crippen LogP contribution in [0.4, 0.5) is 5.82 Å². The van der Waals surface area contributed by atoms with Gasteiger partial charge in [0.05, 0.1) is 16.9 Å². The summed E-state index contributed by atoms with van der Waals surface area (Å²) in [5.74, 6) is 0.173. The van der Waals surface area contributed by atoms with Gasteiger partial charge in [-0.25, -0.2) is 9.67 Å². The van der Waals surface area contributed by atoms with Crippen molar-refractivity contribution in [3.8, 4) is 5.69 Å². The first-order chi connectivity index (χ1) is 14.5. The Balaban J connectivity index is 1.42. The summed E-state index contributed by atoms with van der Waals surface area (Å²) in [6.07, 6.45) is 2.82. The Labute approximate surface area is 179 Å². The zero-order valence-electron chi connectivity index (χ0n) is 16.6. The summed E-state index contributed by atoms with van der Waals surface area (Å²) in [6, 6.07) is 14.9. The van der Waals surface area contributed by atoms with E-state index in [1.165, 1.54) is 0 Å². The number of halogens is 1. The van der Waals surface area contributed by atoms with Crippen LogP contribution in [0.1, 0.15) is 28.9 Å². The molecular weight excluding hydrogens is 402 g/mol. The number of anilines is 1. The second kappa shape index (κ2) is 8.67. The van der Waals surface area contributed by atoms with Gasteiger partial charge in [0.25, 0.3) is 5.91 Å². The first-order valence-corrected chi connectivity index (χ1v) is 10.2. The number of piperidine rings is 1. The lowest BCUT2D eigenvalue weighted by Crippen LogP contribution is -2.41. The number of para-hydroxylation sites is 1. The number of carbonyl (C=O) groups is 2. The van der Waals surface area contributed by atoms with Crippen LogP contribution in [0.25, 0.3) is 5.69 Å². The molecule has 3 aromatic rings. The largest absolute Gasteiger partial charge is 0.338 e. The van der Waals surface area contributed by atoms with Crippen molar-refractivity contribution in [2.24, 2.45) is 5.92 Å². The molecule has 0 bridgehead atoms. The minimum absolute atomic E-state index is 0.0630. The number of aryl methyl sites for hydroxylation is 1. The Hall–Kier alpha value is -3.19. The molecule has 4 rings (SSSR count). The van der Waals surface area contributed by atoms with Gasteiger partial charge in [-0.05, 0) is 44.0 Å². The van der Waals surface area contributed by atoms with Crippen molar-refractivity contribution in [2.45, 2.75) is 19.8 Å². The molecule has 0 saturated carbocycles. The van der Waals surface area contributed by atoms with E-state index in [2.05, 4.69) is 15.4 Å². The van der Waals surface area contributed by atoms with Gasteiger partial charge in [0.1, 0.15) is 11.0 Å². The minimum Gasteiger partial charge on any atom is -0.338 e. The zero-order chi connectivity index (χ0) is 21.1. The fourth-order valence-corrected chi connectivity index (χ4v) is 4.00. The number of hydrogen-bond acceptors (Lipinski definition) is 4. The summed E-state index contributed by atoms with van der Waals surface area (Å²) in [5, 5.41) is 7.60. The number of hydrogen-bond donors (Lipinski definition) is 1. The molecule has 1 aromatic carbocycles. The van der Waals surface area contributed by atoms with E-state index in [1.807, 2.05) is 36.4 Å². The Kier molecular flexibility index (Phi) is 5.81. The number of nitrogens with one attached hydrogen (secondary N) is 1. The third-order valence-corrected chi connectivity index (χ3v) is 5.64. The van der Waals surface area contributed by atoms with Gasteiger partial charge in [-0.1, -0.05) is 35.9 Å². The number of pyridine rings is 1. The molecule has 30 heavy (non-hydrogen) atoms. The van der Waals surface area contributed by atoms with Crippen LogP contribution in [-0.2, 0) is 4.79 Å². The first-order valence-electron chi connectivity index (χ1n) is 9.86. The Morgan fingerprint density at radius 1 is 1.07 bits per heavy atom. The summed E-state index contributed by atoms with van der Waals surface area (Å²) in [6.45, 7) is 2.77. The maximum absolute atomic E-state index is 13.1. The van der Waals surface area contributed by atoms with Gasteiger partial charge in [-0.15, -0.1) is 0 Å². The topological polar surface area (TPSA) is 80.1 Å². The van der Waals surface area contributed by atoms with E-state index in [1.54, 1.807) is 34.8 Å². The Morgan fingerprint density at radius 2 is 1.77 bits per heavy atom. The highest BCUT2D eigenvalue weighted by molar-refractivity contribution is 6.33. The predicted octanol–water partition coefficient (Wildman–Crippen LogP) is 3.72. The lowest BCUT2D eigenvalue weighted by molar-refractivity contribution is -0.121. The molecule has 0 aliphatic carbocycles. The summed E-state index contributed by atoms with van der Waals surface area (Å²) >= 11 is 6.53. The van der Waals surface area contributed by atoms with Gasteiger partial charge in [0.15, 0.2) is 0 Å². The minimum atomic E-state index is -0.153. The van der Waals surface area contributed by atoms with E-state index in [4.69, 9.17) is 11.6 Å². The number of aromatic nitrogens is 3. The SMILES string of the molecule is Cc1nn(-c2ccccc2)c(Cl)c1C(=O)N1CCC(C(=O)Nc2ccccn2)CC1. The fraction of sp³-hybridized carbons (Fsp3) is 0.273. The molecule has 0 spiro atoms. The van der Waals surface area contributed by atoms with Crippen LogP contribution in [0.5, 0.6) is 0 Å². The van der Waals surface area contributed by atoms with E-state index in [9.17, 15) is 9.59 Å². The van der Waals surface area contributed by atoms with E-state index in [0.29, 0.717) is 48.2 Å². The normalized spacial score (nSPS) is 14.5. The first kappa shape index (κ1) is 20.1. The number of benzene rings is 1. The molecule has 1 N–H and O–H groups in total. The highest BCUT2D eigenvalue weighted by Crippen LogP contribution is 2.27. The van der Waals surface area contributed by atoms with E-state index >= 15 is 0 Å². The van der Waals surface area contributed by atoms with Gasteiger partial charge in [0, 0.05) is 25.2 Å². The van der Waals surface area contributed by atoms with Crippen LogP contribution in [0.3, 0.4) is 0 Å². The van der Waals surface area contributed by atoms with Crippen LogP contribution >= 0.6 is 11.6 Å². The van der Waals surface area contributed by atoms with Gasteiger partial charge >= 0.3 is 0 Å². The molecule has 154 valence electrons. The van der Waals surface area contributed by atoms with E-state index < -0.39 is 0 Å². The van der Waals surface area contributed by atoms with Crippen LogP contribution in [0.2, 0.25) is 5.15 Å². The van der Waals surface area contributed by atoms with Crippen LogP contribution in [0, 0.1) is 12.8 Å². The summed E-state index contributed by atoms with van der Waals surface area (Å²) in [4.78, 5) is 31.5. The van der Waals surface area contributed by atoms with Gasteiger partial charge in [-0.3, -0.25) is 9.59 Å². The van der Waals surface area contributed by atoms with Crippen molar-refractivity contribution in [3.05, 3.63) is 71.1 Å². The maximum Gasteiger partial charge on any atom is 0.258 e. The molecule has 0 atom stereocenters. The lowest BCUT2D eigenvalue weighted by atomic mass is 9.95. The molecule has 3 heterocycles. The average molecular weight is 424 g/mol. The summed E-state index contributed by atoms with van der Waals surface area (Å²) < 4.78 is 1.58. The number of nitrogens with zero attached hydrogens (tertiary/aromatic N) is 4. The average Bonchev–Trinajstić information content (AvgIpc) is 3.08.